The Balaban J connectivity index is 2.15. The zero-order valence-corrected chi connectivity index (χ0v) is 12.8. The Kier molecular flexibility index (Phi) is 4.98. The van der Waals surface area contributed by atoms with Crippen molar-refractivity contribution in [1.29, 1.82) is 0 Å². The molecule has 0 spiro atoms. The fourth-order valence-corrected chi connectivity index (χ4v) is 4.53. The summed E-state index contributed by atoms with van der Waals surface area (Å²) in [5.74, 6) is 1.24. The van der Waals surface area contributed by atoms with Gasteiger partial charge in [-0.2, -0.15) is 11.8 Å². The predicted octanol–water partition coefficient (Wildman–Crippen LogP) is 2.10. The molecule has 0 aromatic heterocycles. The highest BCUT2D eigenvalue weighted by Gasteiger charge is 2.44. The van der Waals surface area contributed by atoms with Crippen LogP contribution in [0, 0.1) is 0 Å². The first-order valence-corrected chi connectivity index (χ1v) is 8.38. The van der Waals surface area contributed by atoms with Crippen LogP contribution in [0.5, 0.6) is 0 Å². The van der Waals surface area contributed by atoms with Crippen LogP contribution in [0.3, 0.4) is 0 Å². The molecule has 4 unspecified atom stereocenters. The molecule has 0 aromatic rings. The molecular formula is C14H28N2OS. The van der Waals surface area contributed by atoms with E-state index in [0.717, 1.165) is 32.4 Å². The number of nitrogens with zero attached hydrogens (tertiary/aromatic N) is 1. The smallest absolute Gasteiger partial charge is 0.0590 e. The maximum atomic E-state index is 6.19. The van der Waals surface area contributed by atoms with Gasteiger partial charge in [0, 0.05) is 42.3 Å². The second-order valence-corrected chi connectivity index (χ2v) is 7.28. The fraction of sp³-hybridized carbons (Fsp3) is 1.00. The Morgan fingerprint density at radius 2 is 2.22 bits per heavy atom. The van der Waals surface area contributed by atoms with Gasteiger partial charge >= 0.3 is 0 Å². The number of hydrogen-bond donors (Lipinski definition) is 1. The maximum Gasteiger partial charge on any atom is 0.0590 e. The van der Waals surface area contributed by atoms with Gasteiger partial charge in [-0.3, -0.25) is 4.90 Å². The summed E-state index contributed by atoms with van der Waals surface area (Å²) < 4.78 is 5.85. The third-order valence-corrected chi connectivity index (χ3v) is 6.20. The summed E-state index contributed by atoms with van der Waals surface area (Å²) in [6, 6.07) is 0.628. The predicted molar refractivity (Wildman–Crippen MR) is 79.1 cm³/mol. The zero-order chi connectivity index (χ0) is 13.2. The summed E-state index contributed by atoms with van der Waals surface area (Å²) >= 11 is 2.10. The average molecular weight is 272 g/mol. The minimum atomic E-state index is 0.188. The minimum absolute atomic E-state index is 0.188. The second-order valence-electron chi connectivity index (χ2n) is 5.79. The number of nitrogens with two attached hydrogens (primary N) is 1. The van der Waals surface area contributed by atoms with E-state index in [9.17, 15) is 0 Å². The molecule has 0 aliphatic carbocycles. The third-order valence-electron chi connectivity index (χ3n) is 4.86. The lowest BCUT2D eigenvalue weighted by atomic mass is 9.82. The van der Waals surface area contributed by atoms with Crippen LogP contribution >= 0.6 is 11.8 Å². The SMILES string of the molecule is CCC1CC(CN)(N2CCSC(C)C2C)CCO1. The Bertz CT molecular complexity index is 277. The van der Waals surface area contributed by atoms with E-state index in [1.165, 1.54) is 12.3 Å². The normalized spacial score (nSPS) is 43.0. The number of thioether (sulfide) groups is 1. The van der Waals surface area contributed by atoms with Crippen LogP contribution < -0.4 is 5.73 Å². The molecule has 4 heteroatoms. The van der Waals surface area contributed by atoms with Gasteiger partial charge in [0.15, 0.2) is 0 Å². The highest BCUT2D eigenvalue weighted by Crippen LogP contribution is 2.37. The van der Waals surface area contributed by atoms with Crippen molar-refractivity contribution in [3.63, 3.8) is 0 Å². The lowest BCUT2D eigenvalue weighted by molar-refractivity contribution is -0.0818. The molecule has 2 heterocycles. The van der Waals surface area contributed by atoms with Crippen molar-refractivity contribution in [3.8, 4) is 0 Å². The van der Waals surface area contributed by atoms with Crippen LogP contribution in [-0.2, 0) is 4.74 Å². The molecule has 0 amide bonds. The zero-order valence-electron chi connectivity index (χ0n) is 12.0. The molecule has 0 aromatic carbocycles. The Morgan fingerprint density at radius 1 is 1.44 bits per heavy atom. The van der Waals surface area contributed by atoms with Crippen molar-refractivity contribution in [1.82, 2.24) is 4.90 Å². The van der Waals surface area contributed by atoms with Gasteiger partial charge in [0.25, 0.3) is 0 Å². The van der Waals surface area contributed by atoms with Crippen LogP contribution in [0.1, 0.15) is 40.0 Å². The van der Waals surface area contributed by atoms with Gasteiger partial charge in [-0.1, -0.05) is 13.8 Å². The lowest BCUT2D eigenvalue weighted by Gasteiger charge is -2.53. The first-order valence-electron chi connectivity index (χ1n) is 7.33. The van der Waals surface area contributed by atoms with Crippen molar-refractivity contribution < 1.29 is 4.74 Å². The summed E-state index contributed by atoms with van der Waals surface area (Å²) in [7, 11) is 0. The number of ether oxygens (including phenoxy) is 1. The molecule has 4 atom stereocenters. The molecule has 2 fully saturated rings. The molecule has 0 radical (unpaired) electrons. The van der Waals surface area contributed by atoms with Crippen LogP contribution in [-0.4, -0.2) is 53.3 Å². The number of hydrogen-bond acceptors (Lipinski definition) is 4. The molecule has 106 valence electrons. The van der Waals surface area contributed by atoms with Crippen molar-refractivity contribution in [2.45, 2.75) is 63.0 Å². The van der Waals surface area contributed by atoms with Gasteiger partial charge in [-0.25, -0.2) is 0 Å². The van der Waals surface area contributed by atoms with E-state index in [1.54, 1.807) is 0 Å². The number of rotatable bonds is 3. The van der Waals surface area contributed by atoms with E-state index in [-0.39, 0.29) is 5.54 Å². The first-order chi connectivity index (χ1) is 8.63. The topological polar surface area (TPSA) is 38.5 Å². The molecule has 2 rings (SSSR count). The van der Waals surface area contributed by atoms with Crippen LogP contribution in [0.15, 0.2) is 0 Å². The summed E-state index contributed by atoms with van der Waals surface area (Å²) in [6.45, 7) is 9.77. The molecule has 2 aliphatic rings. The molecule has 2 N–H and O–H groups in total. The highest BCUT2D eigenvalue weighted by atomic mass is 32.2. The standard InChI is InChI=1S/C14H28N2OS/c1-4-13-9-14(10-15,5-7-17-13)16-6-8-18-12(3)11(16)2/h11-13H,4-10,15H2,1-3H3. The molecule has 3 nitrogen and oxygen atoms in total. The van der Waals surface area contributed by atoms with E-state index < -0.39 is 0 Å². The first kappa shape index (κ1) is 14.6. The van der Waals surface area contributed by atoms with Gasteiger partial charge in [0.05, 0.1) is 6.10 Å². The lowest BCUT2D eigenvalue weighted by Crippen LogP contribution is -2.64. The van der Waals surface area contributed by atoms with E-state index in [1.807, 2.05) is 0 Å². The largest absolute Gasteiger partial charge is 0.378 e. The van der Waals surface area contributed by atoms with Gasteiger partial charge in [-0.15, -0.1) is 0 Å². The summed E-state index contributed by atoms with van der Waals surface area (Å²) in [5.41, 5.74) is 6.38. The monoisotopic (exact) mass is 272 g/mol. The van der Waals surface area contributed by atoms with E-state index in [4.69, 9.17) is 10.5 Å². The van der Waals surface area contributed by atoms with Crippen LogP contribution in [0.4, 0.5) is 0 Å². The summed E-state index contributed by atoms with van der Waals surface area (Å²) in [4.78, 5) is 2.69. The molecule has 0 bridgehead atoms. The molecule has 2 aliphatic heterocycles. The maximum absolute atomic E-state index is 6.19. The second kappa shape index (κ2) is 6.12. The van der Waals surface area contributed by atoms with Gasteiger partial charge < -0.3 is 10.5 Å². The van der Waals surface area contributed by atoms with Crippen LogP contribution in [0.2, 0.25) is 0 Å². The van der Waals surface area contributed by atoms with Gasteiger partial charge in [-0.05, 0) is 26.2 Å². The average Bonchev–Trinajstić information content (AvgIpc) is 2.41. The fourth-order valence-electron chi connectivity index (χ4n) is 3.43. The molecular weight excluding hydrogens is 244 g/mol. The van der Waals surface area contributed by atoms with E-state index in [0.29, 0.717) is 17.4 Å². The van der Waals surface area contributed by atoms with Gasteiger partial charge in [0.2, 0.25) is 0 Å². The van der Waals surface area contributed by atoms with E-state index >= 15 is 0 Å². The molecule has 0 saturated carbocycles. The van der Waals surface area contributed by atoms with Crippen LogP contribution in [0.25, 0.3) is 0 Å². The molecule has 2 saturated heterocycles. The Labute approximate surface area is 116 Å². The van der Waals surface area contributed by atoms with Crippen molar-refractivity contribution in [2.75, 3.05) is 25.4 Å². The van der Waals surface area contributed by atoms with Crippen molar-refractivity contribution in [2.24, 2.45) is 5.73 Å². The quantitative estimate of drug-likeness (QED) is 0.854. The summed E-state index contributed by atoms with van der Waals surface area (Å²) in [6.07, 6.45) is 3.72. The van der Waals surface area contributed by atoms with E-state index in [2.05, 4.69) is 37.4 Å². The Morgan fingerprint density at radius 3 is 2.89 bits per heavy atom. The molecule has 18 heavy (non-hydrogen) atoms. The summed E-state index contributed by atoms with van der Waals surface area (Å²) in [5, 5.41) is 0.713. The highest BCUT2D eigenvalue weighted by molar-refractivity contribution is 8.00. The van der Waals surface area contributed by atoms with Crippen molar-refractivity contribution >= 4 is 11.8 Å². The third kappa shape index (κ3) is 2.72. The Hall–Kier alpha value is 0.230. The van der Waals surface area contributed by atoms with Gasteiger partial charge in [0.1, 0.15) is 0 Å². The minimum Gasteiger partial charge on any atom is -0.378 e. The van der Waals surface area contributed by atoms with Crippen molar-refractivity contribution in [3.05, 3.63) is 0 Å².